The number of carboxylic acids is 2. The lowest BCUT2D eigenvalue weighted by Gasteiger charge is -2.25. The molecule has 0 saturated carbocycles. The van der Waals surface area contributed by atoms with Crippen LogP contribution in [0.1, 0.15) is 44.9 Å². The molecule has 0 aliphatic rings. The van der Waals surface area contributed by atoms with Crippen molar-refractivity contribution in [2.24, 2.45) is 17.2 Å². The number of carbonyl (C=O) groups is 7. The van der Waals surface area contributed by atoms with Crippen molar-refractivity contribution < 1.29 is 43.8 Å². The van der Waals surface area contributed by atoms with Crippen LogP contribution in [-0.4, -0.2) is 87.9 Å². The average Bonchev–Trinajstić information content (AvgIpc) is 2.79. The van der Waals surface area contributed by atoms with Crippen molar-refractivity contribution in [1.82, 2.24) is 16.0 Å². The quantitative estimate of drug-likeness (QED) is 0.0826. The summed E-state index contributed by atoms with van der Waals surface area (Å²) in [5.74, 6) is -6.35. The van der Waals surface area contributed by atoms with E-state index in [1.165, 1.54) is 11.8 Å². The molecule has 36 heavy (non-hydrogen) atoms. The topological polar surface area (TPSA) is 274 Å². The lowest BCUT2D eigenvalue weighted by molar-refractivity contribution is -0.143. The second-order valence-electron chi connectivity index (χ2n) is 7.85. The van der Waals surface area contributed by atoms with Gasteiger partial charge in [0.2, 0.25) is 29.5 Å². The van der Waals surface area contributed by atoms with Crippen LogP contribution in [0.5, 0.6) is 0 Å². The van der Waals surface area contributed by atoms with Crippen molar-refractivity contribution >= 4 is 53.2 Å². The van der Waals surface area contributed by atoms with Gasteiger partial charge in [-0.25, -0.2) is 4.79 Å². The number of nitrogens with two attached hydrogens (primary N) is 3. The minimum atomic E-state index is -1.46. The van der Waals surface area contributed by atoms with Crippen molar-refractivity contribution in [3.8, 4) is 0 Å². The fraction of sp³-hybridized carbons (Fsp3) is 0.650. The monoisotopic (exact) mass is 534 g/mol. The van der Waals surface area contributed by atoms with E-state index in [1.54, 1.807) is 6.26 Å². The number of nitrogens with one attached hydrogen (secondary N) is 3. The maximum Gasteiger partial charge on any atom is 0.326 e. The van der Waals surface area contributed by atoms with Gasteiger partial charge in [0.25, 0.3) is 0 Å². The van der Waals surface area contributed by atoms with E-state index in [9.17, 15) is 38.7 Å². The number of carboxylic acid groups (broad SMARTS) is 2. The highest BCUT2D eigenvalue weighted by Gasteiger charge is 2.30. The summed E-state index contributed by atoms with van der Waals surface area (Å²) < 4.78 is 0. The summed E-state index contributed by atoms with van der Waals surface area (Å²) in [6, 6.07) is -5.33. The third kappa shape index (κ3) is 14.1. The molecule has 0 spiro atoms. The van der Waals surface area contributed by atoms with Gasteiger partial charge in [0.05, 0.1) is 6.04 Å². The van der Waals surface area contributed by atoms with Gasteiger partial charge in [-0.2, -0.15) is 11.8 Å². The molecule has 0 aromatic heterocycles. The van der Waals surface area contributed by atoms with E-state index in [1.807, 2.05) is 0 Å². The molecule has 0 saturated heterocycles. The van der Waals surface area contributed by atoms with Crippen LogP contribution < -0.4 is 33.2 Å². The summed E-state index contributed by atoms with van der Waals surface area (Å²) in [7, 11) is 0. The zero-order chi connectivity index (χ0) is 27.8. The number of hydrogen-bond donors (Lipinski definition) is 8. The highest BCUT2D eigenvalue weighted by molar-refractivity contribution is 7.98. The molecule has 11 N–H and O–H groups in total. The standard InChI is InChI=1S/C20H34N6O9S/c1-36-9-8-13(20(34)35)26-19(33)12(4-7-16(29)30)25-18(32)11(3-6-15(23)28)24-17(31)10(21)2-5-14(22)27/h10-13H,2-9,21H2,1H3,(H2,22,27)(H2,23,28)(H,24,31)(H,25,32)(H,26,33)(H,29,30)(H,34,35). The van der Waals surface area contributed by atoms with Gasteiger partial charge in [0, 0.05) is 19.3 Å². The van der Waals surface area contributed by atoms with Crippen LogP contribution in [0.25, 0.3) is 0 Å². The minimum absolute atomic E-state index is 0.0856. The number of primary amides is 2. The van der Waals surface area contributed by atoms with Crippen molar-refractivity contribution in [2.45, 2.75) is 69.1 Å². The smallest absolute Gasteiger partial charge is 0.326 e. The Morgan fingerprint density at radius 2 is 1.14 bits per heavy atom. The van der Waals surface area contributed by atoms with Crippen molar-refractivity contribution in [1.29, 1.82) is 0 Å². The molecular formula is C20H34N6O9S. The molecule has 16 heteroatoms. The van der Waals surface area contributed by atoms with Crippen LogP contribution in [0, 0.1) is 0 Å². The molecule has 4 unspecified atom stereocenters. The Labute approximate surface area is 211 Å². The molecule has 0 bridgehead atoms. The highest BCUT2D eigenvalue weighted by atomic mass is 32.2. The molecular weight excluding hydrogens is 500 g/mol. The number of amides is 5. The summed E-state index contributed by atoms with van der Waals surface area (Å²) >= 11 is 1.36. The molecule has 0 aromatic carbocycles. The van der Waals surface area contributed by atoms with Crippen LogP contribution >= 0.6 is 11.8 Å². The van der Waals surface area contributed by atoms with E-state index < -0.39 is 72.1 Å². The molecule has 0 radical (unpaired) electrons. The van der Waals surface area contributed by atoms with Gasteiger partial charge in [0.1, 0.15) is 18.1 Å². The first-order valence-electron chi connectivity index (χ1n) is 10.9. The van der Waals surface area contributed by atoms with Gasteiger partial charge < -0.3 is 43.4 Å². The largest absolute Gasteiger partial charge is 0.481 e. The molecule has 204 valence electrons. The van der Waals surface area contributed by atoms with Crippen LogP contribution in [0.2, 0.25) is 0 Å². The maximum absolute atomic E-state index is 12.9. The maximum atomic E-state index is 12.9. The third-order valence-corrected chi connectivity index (χ3v) is 5.50. The molecule has 0 aliphatic heterocycles. The van der Waals surface area contributed by atoms with E-state index in [2.05, 4.69) is 16.0 Å². The van der Waals surface area contributed by atoms with Gasteiger partial charge in [-0.05, 0) is 37.7 Å². The Kier molecular flexibility index (Phi) is 15.5. The predicted molar refractivity (Wildman–Crippen MR) is 128 cm³/mol. The van der Waals surface area contributed by atoms with Crippen LogP contribution in [0.3, 0.4) is 0 Å². The molecule has 4 atom stereocenters. The summed E-state index contributed by atoms with van der Waals surface area (Å²) in [4.78, 5) is 82.6. The van der Waals surface area contributed by atoms with Crippen LogP contribution in [0.4, 0.5) is 0 Å². The van der Waals surface area contributed by atoms with Gasteiger partial charge in [0.15, 0.2) is 0 Å². The number of carbonyl (C=O) groups excluding carboxylic acids is 5. The molecule has 0 aromatic rings. The summed E-state index contributed by atoms with van der Waals surface area (Å²) in [6.07, 6.45) is 0.0325. The van der Waals surface area contributed by atoms with Crippen molar-refractivity contribution in [2.75, 3.05) is 12.0 Å². The predicted octanol–water partition coefficient (Wildman–Crippen LogP) is -3.00. The Hall–Kier alpha value is -3.40. The molecule has 0 fully saturated rings. The fourth-order valence-electron chi connectivity index (χ4n) is 2.84. The summed E-state index contributed by atoms with van der Waals surface area (Å²) in [5.41, 5.74) is 15.8. The first kappa shape index (κ1) is 32.6. The Bertz CT molecular complexity index is 825. The number of thioether (sulfide) groups is 1. The van der Waals surface area contributed by atoms with E-state index in [-0.39, 0.29) is 38.5 Å². The SMILES string of the molecule is CSCCC(NC(=O)C(CCC(=O)O)NC(=O)C(CCC(N)=O)NC(=O)C(N)CCC(N)=O)C(=O)O. The lowest BCUT2D eigenvalue weighted by Crippen LogP contribution is -2.57. The molecule has 15 nitrogen and oxygen atoms in total. The van der Waals surface area contributed by atoms with Crippen molar-refractivity contribution in [3.63, 3.8) is 0 Å². The highest BCUT2D eigenvalue weighted by Crippen LogP contribution is 2.06. The van der Waals surface area contributed by atoms with Gasteiger partial charge in [-0.1, -0.05) is 0 Å². The second-order valence-corrected chi connectivity index (χ2v) is 8.84. The zero-order valence-electron chi connectivity index (χ0n) is 19.9. The van der Waals surface area contributed by atoms with Gasteiger partial charge in [-0.15, -0.1) is 0 Å². The van der Waals surface area contributed by atoms with Gasteiger partial charge in [-0.3, -0.25) is 28.8 Å². The summed E-state index contributed by atoms with van der Waals surface area (Å²) in [6.45, 7) is 0. The number of rotatable bonds is 19. The average molecular weight is 535 g/mol. The molecule has 0 aliphatic carbocycles. The van der Waals surface area contributed by atoms with Crippen LogP contribution in [0.15, 0.2) is 0 Å². The first-order valence-corrected chi connectivity index (χ1v) is 12.3. The second kappa shape index (κ2) is 17.1. The molecule has 0 heterocycles. The normalized spacial score (nSPS) is 13.9. The molecule has 5 amide bonds. The number of hydrogen-bond acceptors (Lipinski definition) is 9. The fourth-order valence-corrected chi connectivity index (χ4v) is 3.31. The zero-order valence-corrected chi connectivity index (χ0v) is 20.7. The first-order chi connectivity index (χ1) is 16.8. The van der Waals surface area contributed by atoms with E-state index >= 15 is 0 Å². The van der Waals surface area contributed by atoms with E-state index in [0.29, 0.717) is 5.75 Å². The lowest BCUT2D eigenvalue weighted by atomic mass is 10.1. The third-order valence-electron chi connectivity index (χ3n) is 4.86. The Balaban J connectivity index is 5.59. The minimum Gasteiger partial charge on any atom is -0.481 e. The van der Waals surface area contributed by atoms with Crippen molar-refractivity contribution in [3.05, 3.63) is 0 Å². The molecule has 0 rings (SSSR count). The van der Waals surface area contributed by atoms with E-state index in [4.69, 9.17) is 22.3 Å². The Morgan fingerprint density at radius 3 is 1.58 bits per heavy atom. The van der Waals surface area contributed by atoms with E-state index in [0.717, 1.165) is 0 Å². The Morgan fingerprint density at radius 1 is 0.694 bits per heavy atom. The number of aliphatic carboxylic acids is 2. The van der Waals surface area contributed by atoms with Crippen LogP contribution in [-0.2, 0) is 33.6 Å². The van der Waals surface area contributed by atoms with Gasteiger partial charge >= 0.3 is 11.9 Å². The summed E-state index contributed by atoms with van der Waals surface area (Å²) in [5, 5.41) is 25.2.